The number of hydrogen-bond donors (Lipinski definition) is 1. The highest BCUT2D eigenvalue weighted by Gasteiger charge is 2.25. The molecule has 0 aliphatic rings. The highest BCUT2D eigenvalue weighted by molar-refractivity contribution is 5.05. The summed E-state index contributed by atoms with van der Waals surface area (Å²) in [6.07, 6.45) is 2.77. The Labute approximate surface area is 112 Å². The van der Waals surface area contributed by atoms with Crippen molar-refractivity contribution < 1.29 is 4.74 Å². The molecule has 0 spiro atoms. The Balaban J connectivity index is 4.16. The predicted molar refractivity (Wildman–Crippen MR) is 75.5 cm³/mol. The molecule has 0 aliphatic carbocycles. The van der Waals surface area contributed by atoms with Crippen molar-refractivity contribution in [3.05, 3.63) is 0 Å². The normalized spacial score (nSPS) is 14.8. The number of nitrogens with zero attached hydrogens (tertiary/aromatic N) is 2. The number of rotatable bonds is 10. The van der Waals surface area contributed by atoms with E-state index in [0.717, 1.165) is 39.0 Å². The Morgan fingerprint density at radius 3 is 2.44 bits per heavy atom. The lowest BCUT2D eigenvalue weighted by molar-refractivity contribution is 0.126. The summed E-state index contributed by atoms with van der Waals surface area (Å²) in [7, 11) is 3.61. The molecule has 0 aromatic heterocycles. The molecule has 1 unspecified atom stereocenters. The average molecular weight is 255 g/mol. The zero-order valence-electron chi connectivity index (χ0n) is 12.6. The summed E-state index contributed by atoms with van der Waals surface area (Å²) in [6, 6.07) is 2.93. The van der Waals surface area contributed by atoms with Crippen molar-refractivity contribution in [3.63, 3.8) is 0 Å². The van der Waals surface area contributed by atoms with Crippen molar-refractivity contribution in [2.24, 2.45) is 0 Å². The molecule has 4 heteroatoms. The van der Waals surface area contributed by atoms with E-state index in [1.54, 1.807) is 7.11 Å². The molecule has 1 atom stereocenters. The van der Waals surface area contributed by atoms with Crippen molar-refractivity contribution in [2.45, 2.75) is 51.6 Å². The molecule has 0 aliphatic heterocycles. The summed E-state index contributed by atoms with van der Waals surface area (Å²) < 4.78 is 5.13. The molecule has 1 N–H and O–H groups in total. The minimum atomic E-state index is -0.357. The van der Waals surface area contributed by atoms with Crippen LogP contribution in [0.2, 0.25) is 0 Å². The molecular weight excluding hydrogens is 226 g/mol. The first-order valence-corrected chi connectivity index (χ1v) is 6.88. The van der Waals surface area contributed by atoms with Crippen molar-refractivity contribution in [1.82, 2.24) is 10.2 Å². The van der Waals surface area contributed by atoms with E-state index in [1.165, 1.54) is 0 Å². The van der Waals surface area contributed by atoms with Gasteiger partial charge < -0.3 is 10.1 Å². The molecule has 106 valence electrons. The first-order valence-electron chi connectivity index (χ1n) is 6.88. The van der Waals surface area contributed by atoms with Gasteiger partial charge in [-0.25, -0.2) is 0 Å². The van der Waals surface area contributed by atoms with Crippen LogP contribution in [0.25, 0.3) is 0 Å². The molecule has 0 saturated heterocycles. The Morgan fingerprint density at radius 1 is 1.39 bits per heavy atom. The van der Waals surface area contributed by atoms with E-state index in [2.05, 4.69) is 37.1 Å². The minimum absolute atomic E-state index is 0.357. The Kier molecular flexibility index (Phi) is 8.99. The van der Waals surface area contributed by atoms with Gasteiger partial charge in [0, 0.05) is 19.7 Å². The summed E-state index contributed by atoms with van der Waals surface area (Å²) in [4.78, 5) is 2.40. The van der Waals surface area contributed by atoms with Crippen LogP contribution in [0.1, 0.15) is 40.0 Å². The van der Waals surface area contributed by atoms with E-state index in [1.807, 2.05) is 7.05 Å². The second kappa shape index (κ2) is 9.32. The molecule has 0 heterocycles. The van der Waals surface area contributed by atoms with Crippen LogP contribution < -0.4 is 5.32 Å². The number of hydrogen-bond acceptors (Lipinski definition) is 4. The second-order valence-electron chi connectivity index (χ2n) is 5.02. The molecule has 0 aromatic rings. The van der Waals surface area contributed by atoms with Gasteiger partial charge >= 0.3 is 0 Å². The largest absolute Gasteiger partial charge is 0.383 e. The fraction of sp³-hybridized carbons (Fsp3) is 0.929. The lowest BCUT2D eigenvalue weighted by Gasteiger charge is -2.29. The van der Waals surface area contributed by atoms with Crippen molar-refractivity contribution in [3.8, 4) is 6.07 Å². The molecule has 0 rings (SSSR count). The summed E-state index contributed by atoms with van der Waals surface area (Å²) >= 11 is 0. The zero-order valence-corrected chi connectivity index (χ0v) is 12.6. The Bertz CT molecular complexity index is 244. The van der Waals surface area contributed by atoms with Gasteiger partial charge in [0.15, 0.2) is 0 Å². The fourth-order valence-electron chi connectivity index (χ4n) is 2.09. The van der Waals surface area contributed by atoms with Crippen LogP contribution in [-0.4, -0.2) is 50.3 Å². The van der Waals surface area contributed by atoms with Gasteiger partial charge in [-0.2, -0.15) is 5.26 Å². The molecule has 4 nitrogen and oxygen atoms in total. The van der Waals surface area contributed by atoms with Crippen LogP contribution in [-0.2, 0) is 4.74 Å². The average Bonchev–Trinajstić information content (AvgIpc) is 2.38. The van der Waals surface area contributed by atoms with E-state index < -0.39 is 0 Å². The van der Waals surface area contributed by atoms with Gasteiger partial charge in [0.1, 0.15) is 5.54 Å². The smallest absolute Gasteiger partial charge is 0.106 e. The first-order chi connectivity index (χ1) is 8.55. The summed E-state index contributed by atoms with van der Waals surface area (Å²) in [6.45, 7) is 9.20. The third kappa shape index (κ3) is 5.81. The predicted octanol–water partition coefficient (Wildman–Crippen LogP) is 2.02. The van der Waals surface area contributed by atoms with Crippen molar-refractivity contribution in [2.75, 3.05) is 33.9 Å². The van der Waals surface area contributed by atoms with Gasteiger partial charge in [0.05, 0.1) is 12.7 Å². The Morgan fingerprint density at radius 2 is 2.06 bits per heavy atom. The maximum atomic E-state index is 9.25. The number of nitriles is 1. The highest BCUT2D eigenvalue weighted by Crippen LogP contribution is 2.16. The molecule has 18 heavy (non-hydrogen) atoms. The number of nitrogens with one attached hydrogen (secondary N) is 1. The number of ether oxygens (including phenoxy) is 1. The first kappa shape index (κ1) is 17.4. The van der Waals surface area contributed by atoms with E-state index in [4.69, 9.17) is 4.74 Å². The third-order valence-electron chi connectivity index (χ3n) is 3.66. The lowest BCUT2D eigenvalue weighted by atomic mass is 9.92. The highest BCUT2D eigenvalue weighted by atomic mass is 16.5. The van der Waals surface area contributed by atoms with Gasteiger partial charge in [0.2, 0.25) is 0 Å². The van der Waals surface area contributed by atoms with Crippen LogP contribution in [0.4, 0.5) is 0 Å². The molecule has 0 saturated carbocycles. The fourth-order valence-corrected chi connectivity index (χ4v) is 2.09. The molecular formula is C14H29N3O. The van der Waals surface area contributed by atoms with E-state index in [9.17, 15) is 5.26 Å². The molecule has 0 radical (unpaired) electrons. The summed E-state index contributed by atoms with van der Waals surface area (Å²) in [5.74, 6) is 0. The quantitative estimate of drug-likeness (QED) is 0.649. The van der Waals surface area contributed by atoms with Crippen LogP contribution >= 0.6 is 0 Å². The van der Waals surface area contributed by atoms with E-state index in [-0.39, 0.29) is 5.54 Å². The SMILES string of the molecule is CCC(C#N)(CCCN(CCOC)C(C)C)NC. The minimum Gasteiger partial charge on any atom is -0.383 e. The van der Waals surface area contributed by atoms with Gasteiger partial charge in [-0.15, -0.1) is 0 Å². The Hall–Kier alpha value is -0.630. The van der Waals surface area contributed by atoms with Gasteiger partial charge in [-0.3, -0.25) is 4.90 Å². The molecule has 0 aromatic carbocycles. The molecule has 0 bridgehead atoms. The van der Waals surface area contributed by atoms with Gasteiger partial charge in [0.25, 0.3) is 0 Å². The molecule has 0 amide bonds. The monoisotopic (exact) mass is 255 g/mol. The third-order valence-corrected chi connectivity index (χ3v) is 3.66. The van der Waals surface area contributed by atoms with Gasteiger partial charge in [-0.05, 0) is 46.7 Å². The van der Waals surface area contributed by atoms with E-state index in [0.29, 0.717) is 6.04 Å². The van der Waals surface area contributed by atoms with Crippen LogP contribution in [0, 0.1) is 11.3 Å². The van der Waals surface area contributed by atoms with Crippen molar-refractivity contribution >= 4 is 0 Å². The maximum absolute atomic E-state index is 9.25. The molecule has 0 fully saturated rings. The van der Waals surface area contributed by atoms with Gasteiger partial charge in [-0.1, -0.05) is 6.92 Å². The summed E-state index contributed by atoms with van der Waals surface area (Å²) in [5, 5.41) is 12.4. The van der Waals surface area contributed by atoms with Crippen LogP contribution in [0.3, 0.4) is 0 Å². The number of methoxy groups -OCH3 is 1. The summed E-state index contributed by atoms with van der Waals surface area (Å²) in [5.41, 5.74) is -0.357. The van der Waals surface area contributed by atoms with Crippen LogP contribution in [0.5, 0.6) is 0 Å². The van der Waals surface area contributed by atoms with Crippen LogP contribution in [0.15, 0.2) is 0 Å². The maximum Gasteiger partial charge on any atom is 0.106 e. The second-order valence-corrected chi connectivity index (χ2v) is 5.02. The van der Waals surface area contributed by atoms with Crippen molar-refractivity contribution in [1.29, 1.82) is 5.26 Å². The zero-order chi connectivity index (χ0) is 14.0. The van der Waals surface area contributed by atoms with E-state index >= 15 is 0 Å². The lowest BCUT2D eigenvalue weighted by Crippen LogP contribution is -2.42. The standard InChI is InChI=1S/C14H29N3O/c1-6-14(12-15,16-4)8-7-9-17(13(2)3)10-11-18-5/h13,16H,6-11H2,1-5H3. The topological polar surface area (TPSA) is 48.3 Å².